The van der Waals surface area contributed by atoms with E-state index in [4.69, 9.17) is 11.6 Å². The van der Waals surface area contributed by atoms with Crippen molar-refractivity contribution < 1.29 is 0 Å². The number of benzene rings is 1. The lowest BCUT2D eigenvalue weighted by Gasteiger charge is -2.08. The van der Waals surface area contributed by atoms with Gasteiger partial charge in [0.25, 0.3) is 0 Å². The lowest BCUT2D eigenvalue weighted by Crippen LogP contribution is -2.09. The summed E-state index contributed by atoms with van der Waals surface area (Å²) in [5.41, 5.74) is 1.17. The third-order valence-electron chi connectivity index (χ3n) is 3.38. The molecule has 3 rings (SSSR count). The average Bonchev–Trinajstić information content (AvgIpc) is 3.05. The second-order valence-corrected chi connectivity index (χ2v) is 6.11. The average molecular weight is 366 g/mol. The minimum atomic E-state index is 0.716. The van der Waals surface area contributed by atoms with Gasteiger partial charge in [0, 0.05) is 42.7 Å². The third kappa shape index (κ3) is 3.19. The van der Waals surface area contributed by atoms with E-state index in [1.54, 1.807) is 0 Å². The van der Waals surface area contributed by atoms with Gasteiger partial charge >= 0.3 is 0 Å². The highest BCUT2D eigenvalue weighted by Gasteiger charge is 2.08. The van der Waals surface area contributed by atoms with Gasteiger partial charge in [-0.1, -0.05) is 17.7 Å². The second-order valence-electron chi connectivity index (χ2n) is 4.85. The van der Waals surface area contributed by atoms with Gasteiger partial charge in [-0.05, 0) is 33.6 Å². The van der Waals surface area contributed by atoms with E-state index in [2.05, 4.69) is 30.5 Å². The van der Waals surface area contributed by atoms with Gasteiger partial charge in [-0.3, -0.25) is 0 Å². The molecule has 2 heterocycles. The number of halogens is 2. The molecule has 4 nitrogen and oxygen atoms in total. The lowest BCUT2D eigenvalue weighted by atomic mass is 10.1. The van der Waals surface area contributed by atoms with Gasteiger partial charge in [0.05, 0.1) is 11.6 Å². The Morgan fingerprint density at radius 1 is 1.14 bits per heavy atom. The Morgan fingerprint density at radius 2 is 1.90 bits per heavy atom. The largest absolute Gasteiger partial charge is 0.337 e. The molecule has 0 aliphatic heterocycles. The van der Waals surface area contributed by atoms with Gasteiger partial charge < -0.3 is 9.13 Å². The summed E-state index contributed by atoms with van der Waals surface area (Å²) >= 11 is 9.48. The van der Waals surface area contributed by atoms with Gasteiger partial charge in [0.2, 0.25) is 0 Å². The fourth-order valence-electron chi connectivity index (χ4n) is 2.18. The monoisotopic (exact) mass is 364 g/mol. The predicted molar refractivity (Wildman–Crippen MR) is 86.5 cm³/mol. The van der Waals surface area contributed by atoms with Crippen molar-refractivity contribution >= 4 is 27.5 Å². The maximum absolute atomic E-state index is 6.03. The molecule has 108 valence electrons. The summed E-state index contributed by atoms with van der Waals surface area (Å²) in [6, 6.07) is 5.95. The molecule has 0 unspecified atom stereocenters. The van der Waals surface area contributed by atoms with E-state index in [1.807, 2.05) is 54.6 Å². The Balaban J connectivity index is 1.82. The van der Waals surface area contributed by atoms with E-state index in [9.17, 15) is 0 Å². The van der Waals surface area contributed by atoms with Crippen LogP contribution in [0.15, 0.2) is 47.5 Å². The molecule has 0 fully saturated rings. The lowest BCUT2D eigenvalue weighted by molar-refractivity contribution is 0.671. The first-order chi connectivity index (χ1) is 10.1. The molecule has 0 aliphatic carbocycles. The summed E-state index contributed by atoms with van der Waals surface area (Å²) in [6.07, 6.45) is 8.32. The van der Waals surface area contributed by atoms with Crippen LogP contribution in [0.5, 0.6) is 0 Å². The summed E-state index contributed by atoms with van der Waals surface area (Å²) in [5.74, 6) is 2.01. The Morgan fingerprint density at radius 3 is 2.62 bits per heavy atom. The van der Waals surface area contributed by atoms with Crippen LogP contribution in [0.4, 0.5) is 0 Å². The molecular formula is C15H14BrClN4. The second kappa shape index (κ2) is 6.03. The molecule has 0 aliphatic rings. The molecule has 0 saturated carbocycles. The van der Waals surface area contributed by atoms with Crippen molar-refractivity contribution in [2.45, 2.75) is 13.0 Å². The van der Waals surface area contributed by atoms with Crippen molar-refractivity contribution in [3.63, 3.8) is 0 Å². The highest BCUT2D eigenvalue weighted by Crippen LogP contribution is 2.24. The Bertz CT molecular complexity index is 763. The van der Waals surface area contributed by atoms with Crippen molar-refractivity contribution in [1.29, 1.82) is 0 Å². The molecular weight excluding hydrogens is 352 g/mol. The number of hydrogen-bond acceptors (Lipinski definition) is 2. The van der Waals surface area contributed by atoms with E-state index in [1.165, 1.54) is 5.56 Å². The van der Waals surface area contributed by atoms with Crippen LogP contribution in [0, 0.1) is 0 Å². The molecule has 1 aromatic carbocycles. The summed E-state index contributed by atoms with van der Waals surface area (Å²) in [5, 5.41) is 0.718. The topological polar surface area (TPSA) is 35.6 Å². The van der Waals surface area contributed by atoms with Crippen molar-refractivity contribution in [3.05, 3.63) is 69.7 Å². The predicted octanol–water partition coefficient (Wildman–Crippen LogP) is 3.67. The molecule has 2 aromatic heterocycles. The first-order valence-corrected chi connectivity index (χ1v) is 7.70. The summed E-state index contributed by atoms with van der Waals surface area (Å²) < 4.78 is 5.04. The van der Waals surface area contributed by atoms with Crippen LogP contribution >= 0.6 is 27.5 Å². The fraction of sp³-hybridized carbons (Fsp3) is 0.200. The van der Waals surface area contributed by atoms with Crippen molar-refractivity contribution in [1.82, 2.24) is 19.1 Å². The molecule has 0 spiro atoms. The van der Waals surface area contributed by atoms with E-state index >= 15 is 0 Å². The van der Waals surface area contributed by atoms with E-state index < -0.39 is 0 Å². The molecule has 0 N–H and O–H groups in total. The molecule has 0 saturated heterocycles. The Hall–Kier alpha value is -1.59. The number of rotatable bonds is 4. The highest BCUT2D eigenvalue weighted by atomic mass is 79.9. The highest BCUT2D eigenvalue weighted by molar-refractivity contribution is 9.10. The first kappa shape index (κ1) is 14.4. The van der Waals surface area contributed by atoms with Crippen LogP contribution in [-0.2, 0) is 20.0 Å². The van der Waals surface area contributed by atoms with Crippen molar-refractivity contribution in [2.24, 2.45) is 7.05 Å². The van der Waals surface area contributed by atoms with Gasteiger partial charge in [0.1, 0.15) is 11.6 Å². The molecule has 0 radical (unpaired) electrons. The van der Waals surface area contributed by atoms with Gasteiger partial charge in [-0.2, -0.15) is 0 Å². The van der Waals surface area contributed by atoms with E-state index in [-0.39, 0.29) is 0 Å². The van der Waals surface area contributed by atoms with Crippen LogP contribution in [0.1, 0.15) is 17.2 Å². The SMILES string of the molecule is Cn1ccnc1Cn1ccnc1Cc1ccc(Cl)c(Br)c1. The summed E-state index contributed by atoms with van der Waals surface area (Å²) in [7, 11) is 2.00. The quantitative estimate of drug-likeness (QED) is 0.707. The standard InChI is InChI=1S/C15H14BrClN4/c1-20-6-4-19-15(20)10-21-7-5-18-14(21)9-11-2-3-13(17)12(16)8-11/h2-8H,9-10H2,1H3. The van der Waals surface area contributed by atoms with Crippen LogP contribution in [0.3, 0.4) is 0 Å². The van der Waals surface area contributed by atoms with Gasteiger partial charge in [-0.15, -0.1) is 0 Å². The zero-order chi connectivity index (χ0) is 14.8. The van der Waals surface area contributed by atoms with Crippen LogP contribution in [-0.4, -0.2) is 19.1 Å². The smallest absolute Gasteiger partial charge is 0.128 e. The van der Waals surface area contributed by atoms with E-state index in [0.717, 1.165) is 27.6 Å². The van der Waals surface area contributed by atoms with Crippen LogP contribution in [0.2, 0.25) is 5.02 Å². The summed E-state index contributed by atoms with van der Waals surface area (Å²) in [6.45, 7) is 0.716. The Labute approximate surface area is 136 Å². The first-order valence-electron chi connectivity index (χ1n) is 6.53. The molecule has 0 amide bonds. The maximum Gasteiger partial charge on any atom is 0.128 e. The number of nitrogens with zero attached hydrogens (tertiary/aromatic N) is 4. The zero-order valence-corrected chi connectivity index (χ0v) is 13.8. The molecule has 0 atom stereocenters. The molecule has 21 heavy (non-hydrogen) atoms. The van der Waals surface area contributed by atoms with E-state index in [0.29, 0.717) is 6.54 Å². The number of imidazole rings is 2. The minimum absolute atomic E-state index is 0.716. The number of aryl methyl sites for hydroxylation is 1. The fourth-order valence-corrected chi connectivity index (χ4v) is 2.73. The zero-order valence-electron chi connectivity index (χ0n) is 11.5. The molecule has 3 aromatic rings. The third-order valence-corrected chi connectivity index (χ3v) is 4.59. The number of hydrogen-bond donors (Lipinski definition) is 0. The van der Waals surface area contributed by atoms with Crippen LogP contribution in [0.25, 0.3) is 0 Å². The summed E-state index contributed by atoms with van der Waals surface area (Å²) in [4.78, 5) is 8.81. The number of aromatic nitrogens is 4. The van der Waals surface area contributed by atoms with Gasteiger partial charge in [0.15, 0.2) is 0 Å². The minimum Gasteiger partial charge on any atom is -0.337 e. The van der Waals surface area contributed by atoms with Crippen molar-refractivity contribution in [3.8, 4) is 0 Å². The van der Waals surface area contributed by atoms with Crippen LogP contribution < -0.4 is 0 Å². The Kier molecular flexibility index (Phi) is 4.12. The molecule has 6 heteroatoms. The van der Waals surface area contributed by atoms with Crippen molar-refractivity contribution in [2.75, 3.05) is 0 Å². The van der Waals surface area contributed by atoms with Gasteiger partial charge in [-0.25, -0.2) is 9.97 Å². The maximum atomic E-state index is 6.03. The normalized spacial score (nSPS) is 11.0. The molecule has 0 bridgehead atoms.